The molecule has 1 aromatic carbocycles. The second kappa shape index (κ2) is 5.23. The van der Waals surface area contributed by atoms with Crippen LogP contribution in [0.1, 0.15) is 43.2 Å². The molecule has 1 N–H and O–H groups in total. The van der Waals surface area contributed by atoms with Gasteiger partial charge in [0.05, 0.1) is 7.11 Å². The van der Waals surface area contributed by atoms with E-state index in [-0.39, 0.29) is 12.4 Å². The molecule has 4 rings (SSSR count). The highest BCUT2D eigenvalue weighted by Gasteiger charge is 2.51. The van der Waals surface area contributed by atoms with Gasteiger partial charge in [-0.15, -0.1) is 12.4 Å². The molecule has 1 aliphatic heterocycles. The Morgan fingerprint density at radius 1 is 1.25 bits per heavy atom. The van der Waals surface area contributed by atoms with Crippen LogP contribution in [0.25, 0.3) is 0 Å². The van der Waals surface area contributed by atoms with Gasteiger partial charge in [0.2, 0.25) is 0 Å². The lowest BCUT2D eigenvalue weighted by atomic mass is 9.53. The van der Waals surface area contributed by atoms with Crippen molar-refractivity contribution in [1.29, 1.82) is 0 Å². The molecule has 2 aliphatic carbocycles. The number of rotatable bonds is 1. The van der Waals surface area contributed by atoms with Gasteiger partial charge in [-0.2, -0.15) is 0 Å². The lowest BCUT2D eigenvalue weighted by Crippen LogP contribution is -2.59. The summed E-state index contributed by atoms with van der Waals surface area (Å²) in [7, 11) is 1.78. The van der Waals surface area contributed by atoms with Gasteiger partial charge in [0, 0.05) is 11.5 Å². The average molecular weight is 294 g/mol. The van der Waals surface area contributed by atoms with Crippen LogP contribution in [0.3, 0.4) is 0 Å². The number of benzene rings is 1. The quantitative estimate of drug-likeness (QED) is 0.856. The Bertz CT molecular complexity index is 500. The summed E-state index contributed by atoms with van der Waals surface area (Å²) in [5, 5.41) is 3.78. The number of piperidine rings is 1. The number of halogens is 1. The van der Waals surface area contributed by atoms with Gasteiger partial charge < -0.3 is 10.1 Å². The molecule has 0 radical (unpaired) electrons. The lowest BCUT2D eigenvalue weighted by Gasteiger charge is -2.56. The van der Waals surface area contributed by atoms with Gasteiger partial charge >= 0.3 is 0 Å². The number of ether oxygens (including phenoxy) is 1. The minimum absolute atomic E-state index is 0. The van der Waals surface area contributed by atoms with Gasteiger partial charge in [0.15, 0.2) is 0 Å². The zero-order chi connectivity index (χ0) is 12.9. The molecule has 20 heavy (non-hydrogen) atoms. The first-order valence-electron chi connectivity index (χ1n) is 7.74. The molecule has 2 bridgehead atoms. The van der Waals surface area contributed by atoms with Gasteiger partial charge in [0.1, 0.15) is 5.75 Å². The van der Waals surface area contributed by atoms with Crippen LogP contribution < -0.4 is 10.1 Å². The van der Waals surface area contributed by atoms with Crippen molar-refractivity contribution in [3.8, 4) is 5.75 Å². The monoisotopic (exact) mass is 293 g/mol. The third-order valence-corrected chi connectivity index (χ3v) is 5.85. The molecule has 1 heterocycles. The fraction of sp³-hybridized carbons (Fsp3) is 0.647. The molecular weight excluding hydrogens is 270 g/mol. The molecule has 0 amide bonds. The Morgan fingerprint density at radius 2 is 2.15 bits per heavy atom. The average Bonchev–Trinajstić information content (AvgIpc) is 2.47. The van der Waals surface area contributed by atoms with Crippen LogP contribution in [-0.4, -0.2) is 19.7 Å². The van der Waals surface area contributed by atoms with Crippen LogP contribution in [0, 0.1) is 5.92 Å². The van der Waals surface area contributed by atoms with Gasteiger partial charge in [-0.3, -0.25) is 0 Å². The molecule has 0 unspecified atom stereocenters. The topological polar surface area (TPSA) is 21.3 Å². The van der Waals surface area contributed by atoms with Crippen molar-refractivity contribution in [3.05, 3.63) is 29.3 Å². The highest BCUT2D eigenvalue weighted by Crippen LogP contribution is 2.54. The number of hydrogen-bond acceptors (Lipinski definition) is 2. The van der Waals surface area contributed by atoms with E-state index in [4.69, 9.17) is 4.74 Å². The molecule has 1 saturated heterocycles. The standard InChI is InChI=1S/C17H23NO.ClH/c1-19-13-6-5-12-10-16-14-4-2-3-7-17(14,8-9-18-16)15(12)11-13;/h5-6,11,14,16,18H,2-4,7-10H2,1H3;1H/t14-,16+,17+;/m0./s1. The number of hydrogen-bond donors (Lipinski definition) is 1. The molecule has 110 valence electrons. The molecule has 0 aromatic heterocycles. The Labute approximate surface area is 127 Å². The molecular formula is C17H24ClNO. The summed E-state index contributed by atoms with van der Waals surface area (Å²) < 4.78 is 5.48. The molecule has 3 atom stereocenters. The Morgan fingerprint density at radius 3 is 3.00 bits per heavy atom. The molecule has 1 saturated carbocycles. The van der Waals surface area contributed by atoms with Crippen molar-refractivity contribution >= 4 is 12.4 Å². The van der Waals surface area contributed by atoms with Crippen LogP contribution in [-0.2, 0) is 11.8 Å². The van der Waals surface area contributed by atoms with Crippen LogP contribution in [0.5, 0.6) is 5.75 Å². The molecule has 0 spiro atoms. The minimum Gasteiger partial charge on any atom is -0.497 e. The van der Waals surface area contributed by atoms with Crippen molar-refractivity contribution in [2.45, 2.75) is 50.0 Å². The zero-order valence-corrected chi connectivity index (χ0v) is 13.0. The van der Waals surface area contributed by atoms with Crippen molar-refractivity contribution in [1.82, 2.24) is 5.32 Å². The van der Waals surface area contributed by atoms with Crippen molar-refractivity contribution in [2.75, 3.05) is 13.7 Å². The van der Waals surface area contributed by atoms with Gasteiger partial charge in [-0.1, -0.05) is 18.9 Å². The maximum atomic E-state index is 5.48. The fourth-order valence-corrected chi connectivity index (χ4v) is 5.03. The number of methoxy groups -OCH3 is 1. The Hall–Kier alpha value is -0.730. The maximum absolute atomic E-state index is 5.48. The first kappa shape index (κ1) is 14.2. The normalized spacial score (nSPS) is 34.5. The van der Waals surface area contributed by atoms with Crippen molar-refractivity contribution < 1.29 is 4.74 Å². The second-order valence-electron chi connectivity index (χ2n) is 6.55. The van der Waals surface area contributed by atoms with Gasteiger partial charge in [0.25, 0.3) is 0 Å². The third kappa shape index (κ3) is 1.88. The van der Waals surface area contributed by atoms with E-state index in [1.54, 1.807) is 18.2 Å². The van der Waals surface area contributed by atoms with E-state index in [9.17, 15) is 0 Å². The zero-order valence-electron chi connectivity index (χ0n) is 12.2. The summed E-state index contributed by atoms with van der Waals surface area (Å²) >= 11 is 0. The van der Waals surface area contributed by atoms with Gasteiger partial charge in [-0.05, 0) is 61.4 Å². The number of nitrogens with one attached hydrogen (secondary N) is 1. The van der Waals surface area contributed by atoms with E-state index >= 15 is 0 Å². The first-order chi connectivity index (χ1) is 9.33. The van der Waals surface area contributed by atoms with E-state index in [0.29, 0.717) is 5.41 Å². The van der Waals surface area contributed by atoms with Crippen LogP contribution in [0.2, 0.25) is 0 Å². The number of fused-ring (bicyclic) bond motifs is 1. The maximum Gasteiger partial charge on any atom is 0.119 e. The highest BCUT2D eigenvalue weighted by atomic mass is 35.5. The van der Waals surface area contributed by atoms with Gasteiger partial charge in [-0.25, -0.2) is 0 Å². The molecule has 2 fully saturated rings. The van der Waals surface area contributed by atoms with Crippen LogP contribution >= 0.6 is 12.4 Å². The predicted octanol–water partition coefficient (Wildman–Crippen LogP) is 3.46. The predicted molar refractivity (Wildman–Crippen MR) is 84.0 cm³/mol. The van der Waals surface area contributed by atoms with E-state index < -0.39 is 0 Å². The van der Waals surface area contributed by atoms with E-state index in [1.165, 1.54) is 45.1 Å². The summed E-state index contributed by atoms with van der Waals surface area (Å²) in [4.78, 5) is 0. The van der Waals surface area contributed by atoms with E-state index in [0.717, 1.165) is 17.7 Å². The second-order valence-corrected chi connectivity index (χ2v) is 6.55. The Balaban J connectivity index is 0.00000121. The summed E-state index contributed by atoms with van der Waals surface area (Å²) in [6.45, 7) is 1.19. The van der Waals surface area contributed by atoms with E-state index in [1.807, 2.05) is 0 Å². The fourth-order valence-electron chi connectivity index (χ4n) is 5.03. The lowest BCUT2D eigenvalue weighted by molar-refractivity contribution is 0.0795. The smallest absolute Gasteiger partial charge is 0.119 e. The van der Waals surface area contributed by atoms with Crippen molar-refractivity contribution in [2.24, 2.45) is 5.92 Å². The Kier molecular flexibility index (Phi) is 3.72. The SMILES string of the molecule is COc1ccc2c(c1)[C@@]13CCCC[C@H]1[C@@H](C2)NCC3.Cl. The molecule has 3 aliphatic rings. The molecule has 3 heteroatoms. The van der Waals surface area contributed by atoms with E-state index in [2.05, 4.69) is 23.5 Å². The molecule has 2 nitrogen and oxygen atoms in total. The van der Waals surface area contributed by atoms with Crippen LogP contribution in [0.15, 0.2) is 18.2 Å². The summed E-state index contributed by atoms with van der Waals surface area (Å²) in [6.07, 6.45) is 8.15. The molecule has 1 aromatic rings. The summed E-state index contributed by atoms with van der Waals surface area (Å²) in [5.41, 5.74) is 3.64. The largest absolute Gasteiger partial charge is 0.497 e. The minimum atomic E-state index is 0. The summed E-state index contributed by atoms with van der Waals surface area (Å²) in [6, 6.07) is 7.50. The first-order valence-corrected chi connectivity index (χ1v) is 7.74. The third-order valence-electron chi connectivity index (χ3n) is 5.85. The summed E-state index contributed by atoms with van der Waals surface area (Å²) in [5.74, 6) is 1.89. The highest BCUT2D eigenvalue weighted by molar-refractivity contribution is 5.85. The van der Waals surface area contributed by atoms with Crippen molar-refractivity contribution in [3.63, 3.8) is 0 Å². The van der Waals surface area contributed by atoms with Crippen LogP contribution in [0.4, 0.5) is 0 Å².